The molecular weight excluding hydrogens is 379 g/mol. The number of carbonyl (C=O) groups excluding carboxylic acids is 1. The summed E-state index contributed by atoms with van der Waals surface area (Å²) in [6.45, 7) is 0. The van der Waals surface area contributed by atoms with Crippen molar-refractivity contribution in [2.24, 2.45) is 0 Å². The molecule has 1 saturated carbocycles. The lowest BCUT2D eigenvalue weighted by atomic mass is 10.0. The molecule has 1 unspecified atom stereocenters. The van der Waals surface area contributed by atoms with E-state index in [1.807, 2.05) is 43.4 Å². The van der Waals surface area contributed by atoms with Crippen LogP contribution in [0.15, 0.2) is 60.7 Å². The molecule has 30 heavy (non-hydrogen) atoms. The van der Waals surface area contributed by atoms with Crippen molar-refractivity contribution < 1.29 is 9.18 Å². The van der Waals surface area contributed by atoms with Crippen molar-refractivity contribution in [2.75, 3.05) is 12.4 Å². The fourth-order valence-corrected chi connectivity index (χ4v) is 3.48. The summed E-state index contributed by atoms with van der Waals surface area (Å²) in [5.41, 5.74) is 2.24. The van der Waals surface area contributed by atoms with Gasteiger partial charge in [0.2, 0.25) is 5.91 Å². The van der Waals surface area contributed by atoms with Gasteiger partial charge >= 0.3 is 0 Å². The lowest BCUT2D eigenvalue weighted by molar-refractivity contribution is -0.121. The summed E-state index contributed by atoms with van der Waals surface area (Å²) in [7, 11) is 1.84. The zero-order valence-electron chi connectivity index (χ0n) is 16.9. The van der Waals surface area contributed by atoms with Crippen LogP contribution < -0.4 is 10.6 Å². The quantitative estimate of drug-likeness (QED) is 0.591. The maximum absolute atomic E-state index is 14.0. The lowest BCUT2D eigenvalue weighted by Crippen LogP contribution is -2.31. The van der Waals surface area contributed by atoms with E-state index in [1.54, 1.807) is 18.2 Å². The predicted molar refractivity (Wildman–Crippen MR) is 115 cm³/mol. The Morgan fingerprint density at radius 3 is 2.53 bits per heavy atom. The highest BCUT2D eigenvalue weighted by Crippen LogP contribution is 2.38. The molecule has 1 fully saturated rings. The van der Waals surface area contributed by atoms with Gasteiger partial charge in [0.25, 0.3) is 0 Å². The monoisotopic (exact) mass is 404 g/mol. The second-order valence-corrected chi connectivity index (χ2v) is 7.63. The third-order valence-electron chi connectivity index (χ3n) is 5.25. The first-order valence-corrected chi connectivity index (χ1v) is 10.3. The first-order valence-electron chi connectivity index (χ1n) is 10.3. The van der Waals surface area contributed by atoms with Crippen LogP contribution in [0.1, 0.15) is 47.4 Å². The summed E-state index contributed by atoms with van der Waals surface area (Å²) in [5.74, 6) is 1.49. The van der Waals surface area contributed by atoms with Crippen LogP contribution >= 0.6 is 0 Å². The van der Waals surface area contributed by atoms with Crippen molar-refractivity contribution in [3.05, 3.63) is 89.1 Å². The number of nitrogens with one attached hydrogen (secondary N) is 2. The van der Waals surface area contributed by atoms with Crippen molar-refractivity contribution in [3.8, 4) is 0 Å². The molecule has 0 saturated heterocycles. The summed E-state index contributed by atoms with van der Waals surface area (Å²) in [5, 5.41) is 6.18. The highest BCUT2D eigenvalue weighted by Gasteiger charge is 2.28. The number of aromatic nitrogens is 2. The Balaban J connectivity index is 1.56. The van der Waals surface area contributed by atoms with E-state index in [2.05, 4.69) is 15.6 Å². The second-order valence-electron chi connectivity index (χ2n) is 7.63. The van der Waals surface area contributed by atoms with Crippen LogP contribution in [0.3, 0.4) is 0 Å². The Kier molecular flexibility index (Phi) is 6.02. The third-order valence-corrected chi connectivity index (χ3v) is 5.25. The second kappa shape index (κ2) is 9.03. The van der Waals surface area contributed by atoms with Crippen LogP contribution in [0, 0.1) is 5.82 Å². The fourth-order valence-electron chi connectivity index (χ4n) is 3.48. The molecule has 6 heteroatoms. The summed E-state index contributed by atoms with van der Waals surface area (Å²) in [6, 6.07) is 17.8. The van der Waals surface area contributed by atoms with E-state index < -0.39 is 0 Å². The number of rotatable bonds is 8. The van der Waals surface area contributed by atoms with Crippen LogP contribution in [0.25, 0.3) is 0 Å². The Hall–Kier alpha value is -3.28. The summed E-state index contributed by atoms with van der Waals surface area (Å²) in [4.78, 5) is 22.0. The largest absolute Gasteiger partial charge is 0.373 e. The highest BCUT2D eigenvalue weighted by atomic mass is 19.1. The van der Waals surface area contributed by atoms with Gasteiger partial charge in [0.15, 0.2) is 0 Å². The standard InChI is InChI=1S/C24H25FN4O/c1-26-22-15-19(27-24(29-22)17-11-12-17)14-21(16-7-3-2-4-8-16)28-23(30)13-18-9-5-6-10-20(18)25/h2-10,15,17,21H,11-14H2,1H3,(H,28,30)(H,26,27,29). The van der Waals surface area contributed by atoms with Gasteiger partial charge in [-0.05, 0) is 30.0 Å². The molecule has 3 aromatic rings. The van der Waals surface area contributed by atoms with Crippen LogP contribution in [0.5, 0.6) is 0 Å². The van der Waals surface area contributed by atoms with Crippen molar-refractivity contribution in [3.63, 3.8) is 0 Å². The molecule has 0 radical (unpaired) electrons. The van der Waals surface area contributed by atoms with E-state index in [0.717, 1.165) is 35.7 Å². The molecule has 0 spiro atoms. The molecule has 1 heterocycles. The Morgan fingerprint density at radius 2 is 1.83 bits per heavy atom. The molecule has 5 nitrogen and oxygen atoms in total. The van der Waals surface area contributed by atoms with Gasteiger partial charge in [0.1, 0.15) is 17.5 Å². The first kappa shape index (κ1) is 20.0. The van der Waals surface area contributed by atoms with Gasteiger partial charge in [0, 0.05) is 31.1 Å². The van der Waals surface area contributed by atoms with Gasteiger partial charge in [-0.3, -0.25) is 4.79 Å². The predicted octanol–water partition coefficient (Wildman–Crippen LogP) is 4.18. The van der Waals surface area contributed by atoms with Gasteiger partial charge in [-0.2, -0.15) is 0 Å². The number of nitrogens with zero attached hydrogens (tertiary/aromatic N) is 2. The average Bonchev–Trinajstić information content (AvgIpc) is 3.61. The Labute approximate surface area is 175 Å². The van der Waals surface area contributed by atoms with Crippen molar-refractivity contribution in [1.82, 2.24) is 15.3 Å². The molecule has 1 aromatic heterocycles. The van der Waals surface area contributed by atoms with E-state index in [4.69, 9.17) is 4.98 Å². The zero-order valence-corrected chi connectivity index (χ0v) is 16.9. The van der Waals surface area contributed by atoms with Gasteiger partial charge in [-0.25, -0.2) is 14.4 Å². The normalized spacial score (nSPS) is 14.2. The minimum Gasteiger partial charge on any atom is -0.373 e. The molecule has 1 aliphatic carbocycles. The average molecular weight is 404 g/mol. The molecule has 0 aliphatic heterocycles. The van der Waals surface area contributed by atoms with Crippen molar-refractivity contribution >= 4 is 11.7 Å². The van der Waals surface area contributed by atoms with Crippen LogP contribution in [-0.4, -0.2) is 22.9 Å². The lowest BCUT2D eigenvalue weighted by Gasteiger charge is -2.20. The molecule has 2 aromatic carbocycles. The van der Waals surface area contributed by atoms with E-state index in [-0.39, 0.29) is 24.2 Å². The number of amides is 1. The smallest absolute Gasteiger partial charge is 0.225 e. The molecule has 1 amide bonds. The summed E-state index contributed by atoms with van der Waals surface area (Å²) in [6.07, 6.45) is 2.76. The number of hydrogen-bond acceptors (Lipinski definition) is 4. The summed E-state index contributed by atoms with van der Waals surface area (Å²) >= 11 is 0. The SMILES string of the molecule is CNc1cc(CC(NC(=O)Cc2ccccc2F)c2ccccc2)nc(C2CC2)n1. The maximum Gasteiger partial charge on any atom is 0.225 e. The topological polar surface area (TPSA) is 66.9 Å². The van der Waals surface area contributed by atoms with E-state index in [9.17, 15) is 9.18 Å². The van der Waals surface area contributed by atoms with E-state index in [1.165, 1.54) is 6.07 Å². The van der Waals surface area contributed by atoms with Gasteiger partial charge in [-0.15, -0.1) is 0 Å². The van der Waals surface area contributed by atoms with Crippen molar-refractivity contribution in [1.29, 1.82) is 0 Å². The molecule has 154 valence electrons. The number of benzene rings is 2. The Morgan fingerprint density at radius 1 is 1.10 bits per heavy atom. The molecule has 1 aliphatic rings. The molecule has 4 rings (SSSR count). The molecule has 1 atom stereocenters. The van der Waals surface area contributed by atoms with Gasteiger partial charge < -0.3 is 10.6 Å². The fraction of sp³-hybridized carbons (Fsp3) is 0.292. The van der Waals surface area contributed by atoms with Crippen LogP contribution in [0.2, 0.25) is 0 Å². The van der Waals surface area contributed by atoms with Crippen LogP contribution in [0.4, 0.5) is 10.2 Å². The number of halogens is 1. The minimum absolute atomic E-state index is 0.00509. The number of carbonyl (C=O) groups is 1. The molecular formula is C24H25FN4O. The highest BCUT2D eigenvalue weighted by molar-refractivity contribution is 5.79. The van der Waals surface area contributed by atoms with E-state index in [0.29, 0.717) is 17.9 Å². The Bertz CT molecular complexity index is 1020. The molecule has 0 bridgehead atoms. The zero-order chi connectivity index (χ0) is 20.9. The third kappa shape index (κ3) is 5.00. The van der Waals surface area contributed by atoms with Crippen molar-refractivity contribution in [2.45, 2.75) is 37.6 Å². The van der Waals surface area contributed by atoms with Gasteiger partial charge in [-0.1, -0.05) is 48.5 Å². The van der Waals surface area contributed by atoms with E-state index >= 15 is 0 Å². The minimum atomic E-state index is -0.368. The number of hydrogen-bond donors (Lipinski definition) is 2. The maximum atomic E-state index is 14.0. The summed E-state index contributed by atoms with van der Waals surface area (Å²) < 4.78 is 14.0. The number of anilines is 1. The van der Waals surface area contributed by atoms with Crippen LogP contribution in [-0.2, 0) is 17.6 Å². The molecule has 2 N–H and O–H groups in total. The van der Waals surface area contributed by atoms with Gasteiger partial charge in [0.05, 0.1) is 12.5 Å². The first-order chi connectivity index (χ1) is 14.6.